The molecule has 1 saturated heterocycles. The van der Waals surface area contributed by atoms with Gasteiger partial charge in [0.05, 0.1) is 6.42 Å². The van der Waals surface area contributed by atoms with Gasteiger partial charge in [0.25, 0.3) is 0 Å². The van der Waals surface area contributed by atoms with E-state index in [2.05, 4.69) is 12.2 Å². The Morgan fingerprint density at radius 1 is 1.73 bits per heavy atom. The Morgan fingerprint density at radius 2 is 2.60 bits per heavy atom. The molecule has 0 radical (unpaired) electrons. The Kier molecular flexibility index (Phi) is 3.38. The van der Waals surface area contributed by atoms with Gasteiger partial charge in [0.1, 0.15) is 0 Å². The topological polar surface area (TPSA) is 32.3 Å². The van der Waals surface area contributed by atoms with E-state index in [1.54, 1.807) is 11.3 Å². The molecule has 1 aromatic rings. The van der Waals surface area contributed by atoms with Gasteiger partial charge < -0.3 is 10.2 Å². The minimum absolute atomic E-state index is 0.252. The lowest BCUT2D eigenvalue weighted by Gasteiger charge is -2.31. The van der Waals surface area contributed by atoms with Crippen molar-refractivity contribution in [2.24, 2.45) is 0 Å². The standard InChI is InChI=1S/C11H16N2OS/c1-9-7-13(4-3-12-9)11(14)6-10-2-5-15-8-10/h2,5,8-9,12H,3-4,6-7H2,1H3/t9-/m1/s1. The number of amides is 1. The molecule has 1 fully saturated rings. The van der Waals surface area contributed by atoms with Crippen molar-refractivity contribution in [3.05, 3.63) is 22.4 Å². The van der Waals surface area contributed by atoms with Crippen LogP contribution in [0.5, 0.6) is 0 Å². The molecule has 0 aliphatic carbocycles. The lowest BCUT2D eigenvalue weighted by molar-refractivity contribution is -0.131. The molecular weight excluding hydrogens is 208 g/mol. The van der Waals surface area contributed by atoms with Crippen LogP contribution in [0.1, 0.15) is 12.5 Å². The summed E-state index contributed by atoms with van der Waals surface area (Å²) in [6, 6.07) is 2.44. The van der Waals surface area contributed by atoms with Gasteiger partial charge >= 0.3 is 0 Å². The number of carbonyl (C=O) groups excluding carboxylic acids is 1. The Hall–Kier alpha value is -0.870. The molecular formula is C11H16N2OS. The lowest BCUT2D eigenvalue weighted by atomic mass is 10.2. The maximum absolute atomic E-state index is 11.9. The number of thiophene rings is 1. The van der Waals surface area contributed by atoms with Crippen LogP contribution >= 0.6 is 11.3 Å². The summed E-state index contributed by atoms with van der Waals surface area (Å²) in [5.74, 6) is 0.252. The Balaban J connectivity index is 1.90. The molecule has 1 atom stereocenters. The average Bonchev–Trinajstić information content (AvgIpc) is 2.70. The van der Waals surface area contributed by atoms with Crippen LogP contribution in [0.4, 0.5) is 0 Å². The Labute approximate surface area is 94.1 Å². The van der Waals surface area contributed by atoms with Crippen LogP contribution in [0, 0.1) is 0 Å². The molecule has 15 heavy (non-hydrogen) atoms. The second-order valence-corrected chi connectivity index (χ2v) is 4.78. The van der Waals surface area contributed by atoms with E-state index in [1.807, 2.05) is 21.7 Å². The van der Waals surface area contributed by atoms with Crippen LogP contribution in [0.25, 0.3) is 0 Å². The van der Waals surface area contributed by atoms with Crippen LogP contribution in [-0.4, -0.2) is 36.5 Å². The molecule has 2 heterocycles. The molecule has 0 aromatic carbocycles. The zero-order chi connectivity index (χ0) is 10.7. The van der Waals surface area contributed by atoms with Gasteiger partial charge in [-0.15, -0.1) is 0 Å². The number of hydrogen-bond donors (Lipinski definition) is 1. The third-order valence-electron chi connectivity index (χ3n) is 2.66. The van der Waals surface area contributed by atoms with Gasteiger partial charge in [-0.1, -0.05) is 0 Å². The molecule has 0 bridgehead atoms. The summed E-state index contributed by atoms with van der Waals surface area (Å²) in [4.78, 5) is 13.9. The second-order valence-electron chi connectivity index (χ2n) is 4.00. The third-order valence-corrected chi connectivity index (χ3v) is 3.39. The minimum Gasteiger partial charge on any atom is -0.340 e. The van der Waals surface area contributed by atoms with Crippen LogP contribution < -0.4 is 5.32 Å². The first kappa shape index (κ1) is 10.6. The first-order valence-corrected chi connectivity index (χ1v) is 6.22. The predicted octanol–water partition coefficient (Wildman–Crippen LogP) is 1.11. The maximum atomic E-state index is 11.9. The van der Waals surface area contributed by atoms with E-state index >= 15 is 0 Å². The largest absolute Gasteiger partial charge is 0.340 e. The third kappa shape index (κ3) is 2.79. The van der Waals surface area contributed by atoms with Crippen molar-refractivity contribution in [3.8, 4) is 0 Å². The van der Waals surface area contributed by atoms with Gasteiger partial charge in [0.15, 0.2) is 0 Å². The summed E-state index contributed by atoms with van der Waals surface area (Å²) in [6.07, 6.45) is 0.552. The van der Waals surface area contributed by atoms with Crippen molar-refractivity contribution in [3.63, 3.8) is 0 Å². The molecule has 0 spiro atoms. The quantitative estimate of drug-likeness (QED) is 0.816. The monoisotopic (exact) mass is 224 g/mol. The predicted molar refractivity (Wildman–Crippen MR) is 62.1 cm³/mol. The van der Waals surface area contributed by atoms with Crippen molar-refractivity contribution in [2.45, 2.75) is 19.4 Å². The van der Waals surface area contributed by atoms with Crippen molar-refractivity contribution in [2.75, 3.05) is 19.6 Å². The number of rotatable bonds is 2. The van der Waals surface area contributed by atoms with Crippen molar-refractivity contribution in [1.29, 1.82) is 0 Å². The molecule has 1 aromatic heterocycles. The number of nitrogens with one attached hydrogen (secondary N) is 1. The first-order chi connectivity index (χ1) is 7.25. The van der Waals surface area contributed by atoms with Crippen LogP contribution in [0.3, 0.4) is 0 Å². The second kappa shape index (κ2) is 4.77. The van der Waals surface area contributed by atoms with E-state index in [-0.39, 0.29) is 5.91 Å². The van der Waals surface area contributed by atoms with Crippen LogP contribution in [0.15, 0.2) is 16.8 Å². The van der Waals surface area contributed by atoms with Crippen LogP contribution in [-0.2, 0) is 11.2 Å². The smallest absolute Gasteiger partial charge is 0.227 e. The van der Waals surface area contributed by atoms with Gasteiger partial charge in [-0.25, -0.2) is 0 Å². The van der Waals surface area contributed by atoms with Gasteiger partial charge in [-0.3, -0.25) is 4.79 Å². The normalized spacial score (nSPS) is 21.7. The molecule has 2 rings (SSSR count). The molecule has 82 valence electrons. The number of piperazine rings is 1. The van der Waals surface area contributed by atoms with Gasteiger partial charge in [-0.2, -0.15) is 11.3 Å². The van der Waals surface area contributed by atoms with Crippen LogP contribution in [0.2, 0.25) is 0 Å². The summed E-state index contributed by atoms with van der Waals surface area (Å²) >= 11 is 1.65. The summed E-state index contributed by atoms with van der Waals surface area (Å²) < 4.78 is 0. The molecule has 1 N–H and O–H groups in total. The summed E-state index contributed by atoms with van der Waals surface area (Å²) in [5.41, 5.74) is 1.14. The lowest BCUT2D eigenvalue weighted by Crippen LogP contribution is -2.51. The molecule has 1 aliphatic heterocycles. The average molecular weight is 224 g/mol. The van der Waals surface area contributed by atoms with E-state index in [1.165, 1.54) is 0 Å². The number of nitrogens with zero attached hydrogens (tertiary/aromatic N) is 1. The first-order valence-electron chi connectivity index (χ1n) is 5.28. The van der Waals surface area contributed by atoms with E-state index < -0.39 is 0 Å². The van der Waals surface area contributed by atoms with Gasteiger partial charge in [0.2, 0.25) is 5.91 Å². The van der Waals surface area contributed by atoms with Crippen molar-refractivity contribution in [1.82, 2.24) is 10.2 Å². The zero-order valence-electron chi connectivity index (χ0n) is 8.90. The van der Waals surface area contributed by atoms with Gasteiger partial charge in [0, 0.05) is 25.7 Å². The molecule has 1 aliphatic rings. The van der Waals surface area contributed by atoms with E-state index in [0.717, 1.165) is 25.2 Å². The summed E-state index contributed by atoms with van der Waals surface area (Å²) in [5, 5.41) is 7.40. The van der Waals surface area contributed by atoms with E-state index in [4.69, 9.17) is 0 Å². The van der Waals surface area contributed by atoms with Crippen molar-refractivity contribution < 1.29 is 4.79 Å². The Bertz CT molecular complexity index is 323. The minimum atomic E-state index is 0.252. The fraction of sp³-hybridized carbons (Fsp3) is 0.545. The van der Waals surface area contributed by atoms with E-state index in [0.29, 0.717) is 12.5 Å². The molecule has 4 heteroatoms. The molecule has 1 amide bonds. The maximum Gasteiger partial charge on any atom is 0.227 e. The fourth-order valence-corrected chi connectivity index (χ4v) is 2.51. The van der Waals surface area contributed by atoms with Gasteiger partial charge in [-0.05, 0) is 29.3 Å². The SMILES string of the molecule is C[C@@H]1CN(C(=O)Cc2ccsc2)CCN1. The summed E-state index contributed by atoms with van der Waals surface area (Å²) in [6.45, 7) is 4.71. The van der Waals surface area contributed by atoms with Crippen molar-refractivity contribution >= 4 is 17.2 Å². The molecule has 0 saturated carbocycles. The highest BCUT2D eigenvalue weighted by Gasteiger charge is 2.20. The summed E-state index contributed by atoms with van der Waals surface area (Å²) in [7, 11) is 0. The van der Waals surface area contributed by atoms with E-state index in [9.17, 15) is 4.79 Å². The Morgan fingerprint density at radius 3 is 3.27 bits per heavy atom. The highest BCUT2D eigenvalue weighted by Crippen LogP contribution is 2.09. The highest BCUT2D eigenvalue weighted by molar-refractivity contribution is 7.07. The molecule has 3 nitrogen and oxygen atoms in total. The number of hydrogen-bond acceptors (Lipinski definition) is 3. The highest BCUT2D eigenvalue weighted by atomic mass is 32.1. The zero-order valence-corrected chi connectivity index (χ0v) is 9.72. The fourth-order valence-electron chi connectivity index (χ4n) is 1.84. The number of carbonyl (C=O) groups is 1. The molecule has 0 unspecified atom stereocenters.